The minimum Gasteiger partial charge on any atom is -0.493 e. The highest BCUT2D eigenvalue weighted by Crippen LogP contribution is 2.30. The molecule has 3 rings (SSSR count). The van der Waals surface area contributed by atoms with Gasteiger partial charge in [0.2, 0.25) is 0 Å². The molecule has 0 radical (unpaired) electrons. The predicted octanol–water partition coefficient (Wildman–Crippen LogP) is 3.60. The zero-order chi connectivity index (χ0) is 11.0. The summed E-state index contributed by atoms with van der Waals surface area (Å²) in [6.45, 7) is 2.95. The molecule has 1 aliphatic heterocycles. The van der Waals surface area contributed by atoms with Gasteiger partial charge in [-0.1, -0.05) is 35.9 Å². The quantitative estimate of drug-likeness (QED) is 0.698. The van der Waals surface area contributed by atoms with Crippen LogP contribution in [0, 0.1) is 6.92 Å². The Hall–Kier alpha value is -1.76. The number of fused-ring (bicyclic) bond motifs is 1. The lowest BCUT2D eigenvalue weighted by molar-refractivity contribution is 0.357. The third kappa shape index (κ3) is 1.58. The van der Waals surface area contributed by atoms with Gasteiger partial charge in [0.25, 0.3) is 0 Å². The molecule has 0 amide bonds. The summed E-state index contributed by atoms with van der Waals surface area (Å²) in [5, 5.41) is 0. The first-order valence-electron chi connectivity index (χ1n) is 5.66. The minimum absolute atomic E-state index is 0.826. The Morgan fingerprint density at radius 3 is 2.75 bits per heavy atom. The van der Waals surface area contributed by atoms with Crippen LogP contribution in [-0.2, 0) is 6.42 Å². The Labute approximate surface area is 95.7 Å². The van der Waals surface area contributed by atoms with Gasteiger partial charge in [0.15, 0.2) is 0 Å². The molecule has 0 bridgehead atoms. The Morgan fingerprint density at radius 2 is 1.88 bits per heavy atom. The molecule has 2 aromatic rings. The first-order valence-corrected chi connectivity index (χ1v) is 5.66. The van der Waals surface area contributed by atoms with E-state index in [0.717, 1.165) is 18.8 Å². The maximum absolute atomic E-state index is 5.51. The average molecular weight is 210 g/mol. The van der Waals surface area contributed by atoms with E-state index in [2.05, 4.69) is 49.4 Å². The molecule has 0 unspecified atom stereocenters. The SMILES string of the molecule is Cc1cccc(-c2ccc3c(c2)CCO3)c1. The van der Waals surface area contributed by atoms with Gasteiger partial charge in [-0.25, -0.2) is 0 Å². The van der Waals surface area contributed by atoms with E-state index in [1.165, 1.54) is 22.3 Å². The zero-order valence-corrected chi connectivity index (χ0v) is 9.36. The normalized spacial score (nSPS) is 13.3. The molecule has 1 heterocycles. The summed E-state index contributed by atoms with van der Waals surface area (Å²) in [7, 11) is 0. The highest BCUT2D eigenvalue weighted by atomic mass is 16.5. The van der Waals surface area contributed by atoms with Gasteiger partial charge in [-0.3, -0.25) is 0 Å². The van der Waals surface area contributed by atoms with Crippen LogP contribution in [0.25, 0.3) is 11.1 Å². The third-order valence-electron chi connectivity index (χ3n) is 3.04. The van der Waals surface area contributed by atoms with Crippen LogP contribution in [-0.4, -0.2) is 6.61 Å². The van der Waals surface area contributed by atoms with Crippen molar-refractivity contribution in [1.29, 1.82) is 0 Å². The van der Waals surface area contributed by atoms with Crippen molar-refractivity contribution in [2.24, 2.45) is 0 Å². The number of aryl methyl sites for hydroxylation is 1. The Morgan fingerprint density at radius 1 is 1.00 bits per heavy atom. The molecule has 0 atom stereocenters. The van der Waals surface area contributed by atoms with Crippen molar-refractivity contribution >= 4 is 0 Å². The van der Waals surface area contributed by atoms with Crippen molar-refractivity contribution in [2.45, 2.75) is 13.3 Å². The van der Waals surface area contributed by atoms with E-state index in [1.54, 1.807) is 0 Å². The molecule has 1 nitrogen and oxygen atoms in total. The summed E-state index contributed by atoms with van der Waals surface area (Å²) < 4.78 is 5.51. The first kappa shape index (κ1) is 9.46. The van der Waals surface area contributed by atoms with Gasteiger partial charge < -0.3 is 4.74 Å². The highest BCUT2D eigenvalue weighted by molar-refractivity contribution is 5.66. The fourth-order valence-electron chi connectivity index (χ4n) is 2.19. The van der Waals surface area contributed by atoms with E-state index in [9.17, 15) is 0 Å². The van der Waals surface area contributed by atoms with Crippen LogP contribution in [0.3, 0.4) is 0 Å². The topological polar surface area (TPSA) is 9.23 Å². The fourth-order valence-corrected chi connectivity index (χ4v) is 2.19. The molecular weight excluding hydrogens is 196 g/mol. The van der Waals surface area contributed by atoms with Crippen LogP contribution in [0.1, 0.15) is 11.1 Å². The lowest BCUT2D eigenvalue weighted by Gasteiger charge is -2.05. The van der Waals surface area contributed by atoms with Gasteiger partial charge in [-0.2, -0.15) is 0 Å². The second-order valence-corrected chi connectivity index (χ2v) is 4.29. The second kappa shape index (κ2) is 3.67. The van der Waals surface area contributed by atoms with Crippen LogP contribution in [0.5, 0.6) is 5.75 Å². The van der Waals surface area contributed by atoms with Gasteiger partial charge in [0, 0.05) is 6.42 Å². The van der Waals surface area contributed by atoms with Crippen LogP contribution < -0.4 is 4.74 Å². The lowest BCUT2D eigenvalue weighted by Crippen LogP contribution is -1.85. The van der Waals surface area contributed by atoms with E-state index in [-0.39, 0.29) is 0 Å². The fraction of sp³-hybridized carbons (Fsp3) is 0.200. The average Bonchev–Trinajstić information content (AvgIpc) is 2.75. The molecule has 0 spiro atoms. The molecule has 1 aliphatic rings. The molecule has 0 N–H and O–H groups in total. The summed E-state index contributed by atoms with van der Waals surface area (Å²) in [5.41, 5.74) is 5.20. The Bertz CT molecular complexity index is 529. The summed E-state index contributed by atoms with van der Waals surface area (Å²) in [4.78, 5) is 0. The molecule has 0 fully saturated rings. The molecule has 0 aromatic heterocycles. The van der Waals surface area contributed by atoms with Gasteiger partial charge in [-0.15, -0.1) is 0 Å². The van der Waals surface area contributed by atoms with E-state index < -0.39 is 0 Å². The number of benzene rings is 2. The molecule has 1 heteroatoms. The minimum atomic E-state index is 0.826. The summed E-state index contributed by atoms with van der Waals surface area (Å²) in [6.07, 6.45) is 1.04. The number of hydrogen-bond donors (Lipinski definition) is 0. The van der Waals surface area contributed by atoms with Crippen molar-refractivity contribution in [3.8, 4) is 16.9 Å². The van der Waals surface area contributed by atoms with Crippen LogP contribution in [0.2, 0.25) is 0 Å². The predicted molar refractivity (Wildman–Crippen MR) is 65.8 cm³/mol. The van der Waals surface area contributed by atoms with Gasteiger partial charge in [0.05, 0.1) is 6.61 Å². The van der Waals surface area contributed by atoms with Crippen LogP contribution in [0.15, 0.2) is 42.5 Å². The molecular formula is C15H14O. The summed E-state index contributed by atoms with van der Waals surface area (Å²) in [6, 6.07) is 15.1. The first-order chi connectivity index (χ1) is 7.83. The van der Waals surface area contributed by atoms with Gasteiger partial charge >= 0.3 is 0 Å². The van der Waals surface area contributed by atoms with Gasteiger partial charge in [0.1, 0.15) is 5.75 Å². The van der Waals surface area contributed by atoms with Crippen molar-refractivity contribution in [1.82, 2.24) is 0 Å². The van der Waals surface area contributed by atoms with E-state index in [4.69, 9.17) is 4.74 Å². The van der Waals surface area contributed by atoms with Crippen molar-refractivity contribution in [2.75, 3.05) is 6.61 Å². The third-order valence-corrected chi connectivity index (χ3v) is 3.04. The Balaban J connectivity index is 2.07. The molecule has 2 aromatic carbocycles. The summed E-state index contributed by atoms with van der Waals surface area (Å²) >= 11 is 0. The van der Waals surface area contributed by atoms with Crippen molar-refractivity contribution in [3.05, 3.63) is 53.6 Å². The number of ether oxygens (including phenoxy) is 1. The second-order valence-electron chi connectivity index (χ2n) is 4.29. The molecule has 0 saturated carbocycles. The van der Waals surface area contributed by atoms with Gasteiger partial charge in [-0.05, 0) is 35.7 Å². The maximum Gasteiger partial charge on any atom is 0.122 e. The standard InChI is InChI=1S/C15H14O/c1-11-3-2-4-12(9-11)13-5-6-15-14(10-13)7-8-16-15/h2-6,9-10H,7-8H2,1H3. The van der Waals surface area contributed by atoms with E-state index >= 15 is 0 Å². The maximum atomic E-state index is 5.51. The van der Waals surface area contributed by atoms with Crippen molar-refractivity contribution in [3.63, 3.8) is 0 Å². The van der Waals surface area contributed by atoms with E-state index in [1.807, 2.05) is 0 Å². The largest absolute Gasteiger partial charge is 0.493 e. The Kier molecular flexibility index (Phi) is 2.17. The lowest BCUT2D eigenvalue weighted by atomic mass is 10.0. The molecule has 80 valence electrons. The summed E-state index contributed by atoms with van der Waals surface area (Å²) in [5.74, 6) is 1.05. The molecule has 0 aliphatic carbocycles. The molecule has 0 saturated heterocycles. The van der Waals surface area contributed by atoms with Crippen LogP contribution >= 0.6 is 0 Å². The number of rotatable bonds is 1. The van der Waals surface area contributed by atoms with Crippen molar-refractivity contribution < 1.29 is 4.74 Å². The molecule has 16 heavy (non-hydrogen) atoms. The zero-order valence-electron chi connectivity index (χ0n) is 9.36. The van der Waals surface area contributed by atoms with E-state index in [0.29, 0.717) is 0 Å². The number of hydrogen-bond acceptors (Lipinski definition) is 1. The smallest absolute Gasteiger partial charge is 0.122 e. The monoisotopic (exact) mass is 210 g/mol. The van der Waals surface area contributed by atoms with Crippen LogP contribution in [0.4, 0.5) is 0 Å². The highest BCUT2D eigenvalue weighted by Gasteiger charge is 2.12.